The zero-order valence-corrected chi connectivity index (χ0v) is 11.5. The van der Waals surface area contributed by atoms with Crippen molar-refractivity contribution in [3.8, 4) is 0 Å². The van der Waals surface area contributed by atoms with Gasteiger partial charge >= 0.3 is 0 Å². The van der Waals surface area contributed by atoms with Crippen molar-refractivity contribution in [3.63, 3.8) is 0 Å². The molecule has 0 radical (unpaired) electrons. The summed E-state index contributed by atoms with van der Waals surface area (Å²) in [7, 11) is 0. The first-order valence-corrected chi connectivity index (χ1v) is 5.81. The molecule has 1 rings (SSSR count). The Morgan fingerprint density at radius 2 is 2.07 bits per heavy atom. The highest BCUT2D eigenvalue weighted by Crippen LogP contribution is 2.28. The van der Waals surface area contributed by atoms with Crippen molar-refractivity contribution in [1.29, 1.82) is 0 Å². The minimum Gasteiger partial charge on any atom is -0.276 e. The predicted molar refractivity (Wildman–Crippen MR) is 64.8 cm³/mol. The van der Waals surface area contributed by atoms with Gasteiger partial charge in [0.15, 0.2) is 0 Å². The second kappa shape index (κ2) is 4.97. The molecule has 0 aliphatic heterocycles. The number of pyridine rings is 1. The predicted octanol–water partition coefficient (Wildman–Crippen LogP) is 3.61. The van der Waals surface area contributed by atoms with Crippen molar-refractivity contribution < 1.29 is 13.6 Å². The topological polar surface area (TPSA) is 30.0 Å². The van der Waals surface area contributed by atoms with Gasteiger partial charge in [-0.05, 0) is 62.8 Å². The van der Waals surface area contributed by atoms with Crippen LogP contribution in [0.15, 0.2) is 6.07 Å². The average molecular weight is 443 g/mol. The van der Waals surface area contributed by atoms with Crippen LogP contribution in [0, 0.1) is 7.40 Å². The van der Waals surface area contributed by atoms with Crippen LogP contribution in [0.2, 0.25) is 0 Å². The van der Waals surface area contributed by atoms with Gasteiger partial charge in [0.1, 0.15) is 7.40 Å². The van der Waals surface area contributed by atoms with E-state index in [1.54, 1.807) is 22.6 Å². The molecule has 1 aromatic heterocycles. The van der Waals surface area contributed by atoms with Crippen molar-refractivity contribution in [2.45, 2.75) is 6.43 Å². The zero-order valence-electron chi connectivity index (χ0n) is 6.40. The molecule has 0 amide bonds. The molecule has 2 nitrogen and oxygen atoms in total. The number of aromatic nitrogens is 1. The summed E-state index contributed by atoms with van der Waals surface area (Å²) in [6, 6.07) is 1.25. The Kier molecular flexibility index (Phi) is 4.44. The minimum atomic E-state index is -2.75. The van der Waals surface area contributed by atoms with Gasteiger partial charge in [-0.3, -0.25) is 4.79 Å². The lowest BCUT2D eigenvalue weighted by Gasteiger charge is -2.07. The van der Waals surface area contributed by atoms with Gasteiger partial charge in [-0.2, -0.15) is 0 Å². The highest BCUT2D eigenvalue weighted by molar-refractivity contribution is 14.1. The molecule has 1 aromatic rings. The second-order valence-electron chi connectivity index (χ2n) is 2.27. The maximum Gasteiger partial charge on any atom is 0.267 e. The molecule has 0 saturated carbocycles. The maximum atomic E-state index is 12.5. The Hall–Kier alpha value is 0.430. The zero-order chi connectivity index (χ0) is 10.9. The Labute approximate surface area is 111 Å². The van der Waals surface area contributed by atoms with Gasteiger partial charge in [0.2, 0.25) is 0 Å². The molecule has 7 heteroatoms. The molecule has 76 valence electrons. The minimum absolute atomic E-state index is 0.105. The number of carbonyl (C=O) groups excluding carboxylic acids is 1. The summed E-state index contributed by atoms with van der Waals surface area (Å²) in [5.74, 6) is 0. The van der Waals surface area contributed by atoms with E-state index in [0.29, 0.717) is 3.70 Å². The highest BCUT2D eigenvalue weighted by atomic mass is 127. The SMILES string of the molecule is O=C(Cl)c1cc(I)nc(I)c1C(F)F. The molecule has 0 aliphatic rings. The second-order valence-corrected chi connectivity index (χ2v) is 4.74. The molecular formula is C7H2ClF2I2NO. The van der Waals surface area contributed by atoms with Crippen LogP contribution in [-0.2, 0) is 0 Å². The van der Waals surface area contributed by atoms with E-state index >= 15 is 0 Å². The van der Waals surface area contributed by atoms with Gasteiger partial charge in [-0.15, -0.1) is 0 Å². The molecule has 0 aromatic carbocycles. The van der Waals surface area contributed by atoms with Gasteiger partial charge in [-0.1, -0.05) is 0 Å². The van der Waals surface area contributed by atoms with Crippen molar-refractivity contribution in [2.24, 2.45) is 0 Å². The van der Waals surface area contributed by atoms with Crippen LogP contribution >= 0.6 is 56.8 Å². The van der Waals surface area contributed by atoms with Crippen LogP contribution in [0.3, 0.4) is 0 Å². The number of nitrogens with zero attached hydrogens (tertiary/aromatic N) is 1. The largest absolute Gasteiger partial charge is 0.276 e. The third-order valence-electron chi connectivity index (χ3n) is 1.41. The Morgan fingerprint density at radius 3 is 2.50 bits per heavy atom. The van der Waals surface area contributed by atoms with Crippen molar-refractivity contribution in [3.05, 3.63) is 24.6 Å². The summed E-state index contributed by atoms with van der Waals surface area (Å²) >= 11 is 8.68. The maximum absolute atomic E-state index is 12.5. The highest BCUT2D eigenvalue weighted by Gasteiger charge is 2.22. The van der Waals surface area contributed by atoms with Gasteiger partial charge in [0.05, 0.1) is 5.56 Å². The van der Waals surface area contributed by atoms with Crippen LogP contribution in [0.4, 0.5) is 8.78 Å². The van der Waals surface area contributed by atoms with Crippen molar-refractivity contribution >= 4 is 62.0 Å². The normalized spacial score (nSPS) is 10.7. The van der Waals surface area contributed by atoms with Crippen LogP contribution < -0.4 is 0 Å². The molecule has 14 heavy (non-hydrogen) atoms. The molecule has 0 aliphatic carbocycles. The van der Waals surface area contributed by atoms with E-state index < -0.39 is 17.2 Å². The van der Waals surface area contributed by atoms with Crippen LogP contribution in [-0.4, -0.2) is 10.2 Å². The lowest BCUT2D eigenvalue weighted by atomic mass is 10.2. The van der Waals surface area contributed by atoms with E-state index in [0.717, 1.165) is 0 Å². The van der Waals surface area contributed by atoms with Gasteiger partial charge in [0.25, 0.3) is 11.7 Å². The van der Waals surface area contributed by atoms with E-state index in [9.17, 15) is 13.6 Å². The Balaban J connectivity index is 3.44. The van der Waals surface area contributed by atoms with Gasteiger partial charge < -0.3 is 0 Å². The van der Waals surface area contributed by atoms with Crippen molar-refractivity contribution in [2.75, 3.05) is 0 Å². The standard InChI is InChI=1S/C7H2ClF2I2NO/c8-5(14)2-1-3(11)13-7(12)4(2)6(9)10/h1,6H. The molecule has 0 atom stereocenters. The first kappa shape index (κ1) is 12.5. The van der Waals surface area contributed by atoms with E-state index in [-0.39, 0.29) is 9.26 Å². The smallest absolute Gasteiger partial charge is 0.267 e. The Morgan fingerprint density at radius 1 is 1.50 bits per heavy atom. The average Bonchev–Trinajstić information content (AvgIpc) is 2.01. The lowest BCUT2D eigenvalue weighted by molar-refractivity contribution is 0.106. The fourth-order valence-electron chi connectivity index (χ4n) is 0.864. The van der Waals surface area contributed by atoms with E-state index in [1.165, 1.54) is 6.07 Å². The molecule has 0 saturated heterocycles. The quantitative estimate of drug-likeness (QED) is 0.397. The molecule has 1 heterocycles. The molecular weight excluding hydrogens is 441 g/mol. The summed E-state index contributed by atoms with van der Waals surface area (Å²) < 4.78 is 25.6. The van der Waals surface area contributed by atoms with Crippen LogP contribution in [0.25, 0.3) is 0 Å². The van der Waals surface area contributed by atoms with E-state index in [1.807, 2.05) is 22.6 Å². The monoisotopic (exact) mass is 443 g/mol. The summed E-state index contributed by atoms with van der Waals surface area (Å²) in [5, 5.41) is -0.890. The number of hydrogen-bond acceptors (Lipinski definition) is 2. The number of halogens is 5. The van der Waals surface area contributed by atoms with Crippen LogP contribution in [0.1, 0.15) is 22.3 Å². The lowest BCUT2D eigenvalue weighted by Crippen LogP contribution is -2.04. The van der Waals surface area contributed by atoms with Gasteiger partial charge in [0, 0.05) is 5.56 Å². The molecule has 0 N–H and O–H groups in total. The van der Waals surface area contributed by atoms with E-state index in [4.69, 9.17) is 11.6 Å². The summed E-state index contributed by atoms with van der Waals surface area (Å²) in [6.07, 6.45) is -2.75. The summed E-state index contributed by atoms with van der Waals surface area (Å²) in [4.78, 5) is 14.7. The first-order valence-electron chi connectivity index (χ1n) is 3.27. The van der Waals surface area contributed by atoms with Gasteiger partial charge in [-0.25, -0.2) is 13.8 Å². The Bertz CT molecular complexity index is 386. The third kappa shape index (κ3) is 2.72. The number of rotatable bonds is 2. The van der Waals surface area contributed by atoms with E-state index in [2.05, 4.69) is 4.98 Å². The third-order valence-corrected chi connectivity index (χ3v) is 2.99. The molecule has 0 fully saturated rings. The van der Waals surface area contributed by atoms with Crippen molar-refractivity contribution in [1.82, 2.24) is 4.98 Å². The molecule has 0 spiro atoms. The number of carbonyl (C=O) groups is 1. The van der Waals surface area contributed by atoms with Crippen LogP contribution in [0.5, 0.6) is 0 Å². The summed E-state index contributed by atoms with van der Waals surface area (Å²) in [5.41, 5.74) is -0.573. The first-order chi connectivity index (χ1) is 6.43. The number of alkyl halides is 2. The number of hydrogen-bond donors (Lipinski definition) is 0. The summed E-state index contributed by atoms with van der Waals surface area (Å²) in [6.45, 7) is 0. The molecule has 0 unspecified atom stereocenters. The fourth-order valence-corrected chi connectivity index (χ4v) is 2.82. The molecule has 0 bridgehead atoms. The fraction of sp³-hybridized carbons (Fsp3) is 0.143.